The fourth-order valence-corrected chi connectivity index (χ4v) is 3.66. The number of carbonyl (C=O) groups excluding carboxylic acids is 1. The molecule has 0 radical (unpaired) electrons. The van der Waals surface area contributed by atoms with Gasteiger partial charge < -0.3 is 14.5 Å². The van der Waals surface area contributed by atoms with Crippen molar-refractivity contribution in [2.24, 2.45) is 12.5 Å². The second kappa shape index (κ2) is 6.44. The smallest absolute Gasteiger partial charge is 0.293 e. The van der Waals surface area contributed by atoms with Gasteiger partial charge in [-0.2, -0.15) is 0 Å². The van der Waals surface area contributed by atoms with Crippen LogP contribution >= 0.6 is 0 Å². The molecule has 1 atom stereocenters. The van der Waals surface area contributed by atoms with Crippen LogP contribution in [0, 0.1) is 5.41 Å². The summed E-state index contributed by atoms with van der Waals surface area (Å²) >= 11 is 0. The second-order valence-corrected chi connectivity index (χ2v) is 6.88. The monoisotopic (exact) mass is 342 g/mol. The fourth-order valence-electron chi connectivity index (χ4n) is 3.66. The summed E-state index contributed by atoms with van der Waals surface area (Å²) in [5.41, 5.74) is -0.0710. The van der Waals surface area contributed by atoms with E-state index in [1.165, 1.54) is 0 Å². The van der Waals surface area contributed by atoms with Crippen LogP contribution in [0.2, 0.25) is 0 Å². The van der Waals surface area contributed by atoms with Crippen LogP contribution in [-0.4, -0.2) is 69.9 Å². The summed E-state index contributed by atoms with van der Waals surface area (Å²) in [5.74, 6) is 1.11. The summed E-state index contributed by atoms with van der Waals surface area (Å²) in [4.78, 5) is 25.4. The van der Waals surface area contributed by atoms with Crippen molar-refractivity contribution in [3.05, 3.63) is 36.5 Å². The summed E-state index contributed by atoms with van der Waals surface area (Å²) in [6, 6.07) is 5.95. The number of nitrogens with zero attached hydrogens (tertiary/aromatic N) is 6. The lowest BCUT2D eigenvalue weighted by Crippen LogP contribution is -2.43. The number of aryl methyl sites for hydroxylation is 1. The second-order valence-electron chi connectivity index (χ2n) is 6.88. The Morgan fingerprint density at radius 1 is 1.24 bits per heavy atom. The number of hydrogen-bond donors (Lipinski definition) is 0. The highest BCUT2D eigenvalue weighted by Crippen LogP contribution is 2.35. The van der Waals surface area contributed by atoms with Crippen molar-refractivity contribution in [1.82, 2.24) is 24.6 Å². The van der Waals surface area contributed by atoms with E-state index in [0.717, 1.165) is 25.3 Å². The van der Waals surface area contributed by atoms with Gasteiger partial charge in [-0.3, -0.25) is 9.48 Å². The molecule has 0 aliphatic carbocycles. The van der Waals surface area contributed by atoms with Crippen molar-refractivity contribution < 1.29 is 9.53 Å². The minimum atomic E-state index is -0.123. The van der Waals surface area contributed by atoms with Gasteiger partial charge in [0.25, 0.3) is 5.91 Å². The SMILES string of the molecule is Cn1cnc(C(=O)N2CCOC[C@]3(CCN(c4ccccn4)C3)C2)n1. The molecule has 2 aromatic heterocycles. The molecule has 0 N–H and O–H groups in total. The summed E-state index contributed by atoms with van der Waals surface area (Å²) < 4.78 is 7.40. The number of anilines is 1. The van der Waals surface area contributed by atoms with E-state index < -0.39 is 0 Å². The summed E-state index contributed by atoms with van der Waals surface area (Å²) in [6.07, 6.45) is 4.34. The summed E-state index contributed by atoms with van der Waals surface area (Å²) in [6.45, 7) is 4.20. The van der Waals surface area contributed by atoms with Gasteiger partial charge in [0.2, 0.25) is 5.82 Å². The van der Waals surface area contributed by atoms with Gasteiger partial charge in [0.15, 0.2) is 0 Å². The van der Waals surface area contributed by atoms with Gasteiger partial charge in [-0.05, 0) is 18.6 Å². The Labute approximate surface area is 146 Å². The van der Waals surface area contributed by atoms with Crippen molar-refractivity contribution in [3.8, 4) is 0 Å². The van der Waals surface area contributed by atoms with E-state index in [0.29, 0.717) is 26.3 Å². The van der Waals surface area contributed by atoms with E-state index in [2.05, 4.69) is 20.0 Å². The molecule has 4 heterocycles. The first-order chi connectivity index (χ1) is 12.2. The molecule has 4 rings (SSSR count). The van der Waals surface area contributed by atoms with Gasteiger partial charge in [0.05, 0.1) is 13.2 Å². The number of amides is 1. The number of carbonyl (C=O) groups is 1. The van der Waals surface area contributed by atoms with Crippen molar-refractivity contribution >= 4 is 11.7 Å². The standard InChI is InChI=1S/C17H22N6O2/c1-21-13-19-15(20-21)16(24)23-8-9-25-12-17(11-23)5-7-22(10-17)14-4-2-3-6-18-14/h2-4,6,13H,5,7-12H2,1H3/t17-/m0/s1. The molecule has 0 saturated carbocycles. The molecule has 2 aliphatic rings. The van der Waals surface area contributed by atoms with Crippen LogP contribution in [0.4, 0.5) is 5.82 Å². The Morgan fingerprint density at radius 2 is 2.16 bits per heavy atom. The molecule has 8 heteroatoms. The first-order valence-corrected chi connectivity index (χ1v) is 8.54. The van der Waals surface area contributed by atoms with Crippen molar-refractivity contribution in [3.63, 3.8) is 0 Å². The Hall–Kier alpha value is -2.48. The molecule has 2 saturated heterocycles. The Kier molecular flexibility index (Phi) is 4.12. The molecule has 0 unspecified atom stereocenters. The maximum Gasteiger partial charge on any atom is 0.293 e. The molecule has 132 valence electrons. The predicted molar refractivity (Wildman–Crippen MR) is 91.2 cm³/mol. The molecule has 8 nitrogen and oxygen atoms in total. The molecule has 1 spiro atoms. The van der Waals surface area contributed by atoms with Gasteiger partial charge in [-0.15, -0.1) is 5.10 Å². The third-order valence-electron chi connectivity index (χ3n) is 4.93. The number of pyridine rings is 1. The van der Waals surface area contributed by atoms with Crippen molar-refractivity contribution in [1.29, 1.82) is 0 Å². The van der Waals surface area contributed by atoms with Crippen LogP contribution in [0.5, 0.6) is 0 Å². The lowest BCUT2D eigenvalue weighted by Gasteiger charge is -2.31. The van der Waals surface area contributed by atoms with Gasteiger partial charge in [0, 0.05) is 44.8 Å². The van der Waals surface area contributed by atoms with E-state index >= 15 is 0 Å². The van der Waals surface area contributed by atoms with Crippen molar-refractivity contribution in [2.75, 3.05) is 44.3 Å². The van der Waals surface area contributed by atoms with Crippen molar-refractivity contribution in [2.45, 2.75) is 6.42 Å². The quantitative estimate of drug-likeness (QED) is 0.795. The van der Waals surface area contributed by atoms with E-state index in [1.54, 1.807) is 18.1 Å². The number of ether oxygens (including phenoxy) is 1. The van der Waals surface area contributed by atoms with Crippen LogP contribution in [-0.2, 0) is 11.8 Å². The van der Waals surface area contributed by atoms with Gasteiger partial charge >= 0.3 is 0 Å². The number of aromatic nitrogens is 4. The van der Waals surface area contributed by atoms with E-state index in [9.17, 15) is 4.79 Å². The molecule has 2 aromatic rings. The Bertz CT molecular complexity index is 749. The summed E-state index contributed by atoms with van der Waals surface area (Å²) in [7, 11) is 1.76. The zero-order chi connectivity index (χ0) is 17.3. The highest BCUT2D eigenvalue weighted by atomic mass is 16.5. The molecule has 2 fully saturated rings. The zero-order valence-corrected chi connectivity index (χ0v) is 14.3. The average molecular weight is 342 g/mol. The van der Waals surface area contributed by atoms with Crippen LogP contribution < -0.4 is 4.90 Å². The van der Waals surface area contributed by atoms with Crippen LogP contribution in [0.25, 0.3) is 0 Å². The molecule has 1 amide bonds. The fraction of sp³-hybridized carbons (Fsp3) is 0.529. The molecule has 0 bridgehead atoms. The van der Waals surface area contributed by atoms with E-state index in [4.69, 9.17) is 4.74 Å². The topological polar surface area (TPSA) is 76.4 Å². The van der Waals surface area contributed by atoms with Gasteiger partial charge in [-0.25, -0.2) is 9.97 Å². The zero-order valence-electron chi connectivity index (χ0n) is 14.3. The highest BCUT2D eigenvalue weighted by Gasteiger charge is 2.43. The van der Waals surface area contributed by atoms with Crippen LogP contribution in [0.3, 0.4) is 0 Å². The minimum absolute atomic E-state index is 0.0710. The minimum Gasteiger partial charge on any atom is -0.379 e. The maximum absolute atomic E-state index is 12.8. The average Bonchev–Trinajstić information content (AvgIpc) is 3.18. The Morgan fingerprint density at radius 3 is 2.92 bits per heavy atom. The largest absolute Gasteiger partial charge is 0.379 e. The molecular formula is C17H22N6O2. The Balaban J connectivity index is 1.51. The van der Waals surface area contributed by atoms with Crippen LogP contribution in [0.15, 0.2) is 30.7 Å². The normalized spacial score (nSPS) is 23.9. The lowest BCUT2D eigenvalue weighted by atomic mass is 9.87. The third kappa shape index (κ3) is 3.21. The van der Waals surface area contributed by atoms with E-state index in [-0.39, 0.29) is 17.1 Å². The van der Waals surface area contributed by atoms with Gasteiger partial charge in [-0.1, -0.05) is 6.07 Å². The third-order valence-corrected chi connectivity index (χ3v) is 4.93. The maximum atomic E-state index is 12.8. The predicted octanol–water partition coefficient (Wildman–Crippen LogP) is 0.579. The summed E-state index contributed by atoms with van der Waals surface area (Å²) in [5, 5.41) is 4.15. The first-order valence-electron chi connectivity index (χ1n) is 8.54. The first kappa shape index (κ1) is 16.0. The van der Waals surface area contributed by atoms with E-state index in [1.807, 2.05) is 29.3 Å². The molecule has 25 heavy (non-hydrogen) atoms. The lowest BCUT2D eigenvalue weighted by molar-refractivity contribution is 0.0680. The molecule has 0 aromatic carbocycles. The number of rotatable bonds is 2. The van der Waals surface area contributed by atoms with Gasteiger partial charge in [0.1, 0.15) is 12.1 Å². The highest BCUT2D eigenvalue weighted by molar-refractivity contribution is 5.90. The van der Waals surface area contributed by atoms with Crippen LogP contribution in [0.1, 0.15) is 17.0 Å². The molecular weight excluding hydrogens is 320 g/mol. The molecule has 2 aliphatic heterocycles. The number of hydrogen-bond acceptors (Lipinski definition) is 6.